The van der Waals surface area contributed by atoms with Crippen LogP contribution in [0.1, 0.15) is 10.4 Å². The number of hydrogen-bond acceptors (Lipinski definition) is 5. The van der Waals surface area contributed by atoms with E-state index in [1.807, 2.05) is 24.3 Å². The minimum Gasteiger partial charge on any atom is -0.497 e. The first-order valence-electron chi connectivity index (χ1n) is 7.50. The van der Waals surface area contributed by atoms with Crippen LogP contribution < -0.4 is 15.0 Å². The Bertz CT molecular complexity index is 667. The number of hydrogen-bond donors (Lipinski definition) is 1. The SMILES string of the molecule is COc1cccc(NC(=O)c2ccc(N3CCOCC3)nc2)c1. The van der Waals surface area contributed by atoms with E-state index in [1.54, 1.807) is 25.4 Å². The molecule has 1 N–H and O–H groups in total. The van der Waals surface area contributed by atoms with Crippen molar-refractivity contribution in [2.45, 2.75) is 0 Å². The summed E-state index contributed by atoms with van der Waals surface area (Å²) in [4.78, 5) is 18.8. The van der Waals surface area contributed by atoms with E-state index in [0.717, 1.165) is 18.9 Å². The first-order chi connectivity index (χ1) is 11.3. The zero-order chi connectivity index (χ0) is 16.1. The van der Waals surface area contributed by atoms with Gasteiger partial charge in [0.2, 0.25) is 0 Å². The molecule has 3 rings (SSSR count). The fourth-order valence-corrected chi connectivity index (χ4v) is 2.40. The van der Waals surface area contributed by atoms with Gasteiger partial charge in [-0.25, -0.2) is 4.98 Å². The second kappa shape index (κ2) is 7.11. The van der Waals surface area contributed by atoms with Crippen molar-refractivity contribution in [3.8, 4) is 5.75 Å². The van der Waals surface area contributed by atoms with E-state index < -0.39 is 0 Å². The van der Waals surface area contributed by atoms with Gasteiger partial charge in [-0.15, -0.1) is 0 Å². The second-order valence-electron chi connectivity index (χ2n) is 5.19. The van der Waals surface area contributed by atoms with Gasteiger partial charge in [0, 0.05) is 31.0 Å². The number of rotatable bonds is 4. The van der Waals surface area contributed by atoms with Gasteiger partial charge in [0.25, 0.3) is 5.91 Å². The highest BCUT2D eigenvalue weighted by molar-refractivity contribution is 6.04. The lowest BCUT2D eigenvalue weighted by Crippen LogP contribution is -2.36. The van der Waals surface area contributed by atoms with E-state index in [4.69, 9.17) is 9.47 Å². The molecule has 2 aromatic rings. The Labute approximate surface area is 135 Å². The zero-order valence-electron chi connectivity index (χ0n) is 13.0. The molecule has 0 spiro atoms. The number of anilines is 2. The van der Waals surface area contributed by atoms with Crippen LogP contribution in [0.3, 0.4) is 0 Å². The number of morpholine rings is 1. The number of benzene rings is 1. The van der Waals surface area contributed by atoms with Crippen LogP contribution in [0.15, 0.2) is 42.6 Å². The van der Waals surface area contributed by atoms with Gasteiger partial charge in [-0.2, -0.15) is 0 Å². The van der Waals surface area contributed by atoms with Crippen LogP contribution in [-0.4, -0.2) is 44.3 Å². The highest BCUT2D eigenvalue weighted by Crippen LogP contribution is 2.18. The van der Waals surface area contributed by atoms with E-state index in [2.05, 4.69) is 15.2 Å². The fourth-order valence-electron chi connectivity index (χ4n) is 2.40. The third kappa shape index (κ3) is 3.78. The smallest absolute Gasteiger partial charge is 0.257 e. The van der Waals surface area contributed by atoms with Gasteiger partial charge in [-0.3, -0.25) is 4.79 Å². The average molecular weight is 313 g/mol. The molecule has 1 aromatic heterocycles. The molecule has 0 bridgehead atoms. The van der Waals surface area contributed by atoms with Crippen molar-refractivity contribution in [1.82, 2.24) is 4.98 Å². The molecule has 1 amide bonds. The summed E-state index contributed by atoms with van der Waals surface area (Å²) in [5.74, 6) is 1.37. The summed E-state index contributed by atoms with van der Waals surface area (Å²) < 4.78 is 10.5. The molecule has 0 radical (unpaired) electrons. The van der Waals surface area contributed by atoms with Crippen LogP contribution in [0.2, 0.25) is 0 Å². The van der Waals surface area contributed by atoms with Gasteiger partial charge in [-0.1, -0.05) is 6.07 Å². The Morgan fingerprint density at radius 3 is 2.78 bits per heavy atom. The molecule has 1 aromatic carbocycles. The molecule has 23 heavy (non-hydrogen) atoms. The molecule has 6 heteroatoms. The van der Waals surface area contributed by atoms with Crippen molar-refractivity contribution in [1.29, 1.82) is 0 Å². The minimum atomic E-state index is -0.195. The number of methoxy groups -OCH3 is 1. The maximum atomic E-state index is 12.3. The summed E-state index contributed by atoms with van der Waals surface area (Å²) in [6, 6.07) is 10.9. The van der Waals surface area contributed by atoms with Crippen LogP contribution in [0.25, 0.3) is 0 Å². The number of carbonyl (C=O) groups is 1. The highest BCUT2D eigenvalue weighted by Gasteiger charge is 2.13. The Hall–Kier alpha value is -2.60. The molecule has 0 atom stereocenters. The van der Waals surface area contributed by atoms with Crippen molar-refractivity contribution < 1.29 is 14.3 Å². The highest BCUT2D eigenvalue weighted by atomic mass is 16.5. The van der Waals surface area contributed by atoms with Crippen LogP contribution in [0.4, 0.5) is 11.5 Å². The van der Waals surface area contributed by atoms with Crippen molar-refractivity contribution in [3.63, 3.8) is 0 Å². The number of pyridine rings is 1. The second-order valence-corrected chi connectivity index (χ2v) is 5.19. The van der Waals surface area contributed by atoms with Crippen molar-refractivity contribution in [3.05, 3.63) is 48.2 Å². The molecular formula is C17H19N3O3. The van der Waals surface area contributed by atoms with E-state index in [9.17, 15) is 4.79 Å². The molecule has 0 unspecified atom stereocenters. The standard InChI is InChI=1S/C17H19N3O3/c1-22-15-4-2-3-14(11-15)19-17(21)13-5-6-16(18-12-13)20-7-9-23-10-8-20/h2-6,11-12H,7-10H2,1H3,(H,19,21). The summed E-state index contributed by atoms with van der Waals surface area (Å²) >= 11 is 0. The summed E-state index contributed by atoms with van der Waals surface area (Å²) in [5, 5.41) is 2.84. The van der Waals surface area contributed by atoms with Crippen molar-refractivity contribution in [2.24, 2.45) is 0 Å². The number of aromatic nitrogens is 1. The first-order valence-corrected chi connectivity index (χ1v) is 7.50. The molecule has 120 valence electrons. The molecule has 1 fully saturated rings. The molecule has 1 aliphatic rings. The van der Waals surface area contributed by atoms with E-state index in [-0.39, 0.29) is 5.91 Å². The number of nitrogens with zero attached hydrogens (tertiary/aromatic N) is 2. The quantitative estimate of drug-likeness (QED) is 0.937. The first kappa shape index (κ1) is 15.3. The van der Waals surface area contributed by atoms with Crippen LogP contribution in [0, 0.1) is 0 Å². The van der Waals surface area contributed by atoms with E-state index in [1.165, 1.54) is 0 Å². The van der Waals surface area contributed by atoms with Gasteiger partial charge in [0.05, 0.1) is 25.9 Å². The maximum Gasteiger partial charge on any atom is 0.257 e. The molecule has 0 saturated carbocycles. The molecule has 2 heterocycles. The van der Waals surface area contributed by atoms with Crippen LogP contribution >= 0.6 is 0 Å². The maximum absolute atomic E-state index is 12.3. The fraction of sp³-hybridized carbons (Fsp3) is 0.294. The predicted octanol–water partition coefficient (Wildman–Crippen LogP) is 2.18. The lowest BCUT2D eigenvalue weighted by molar-refractivity contribution is 0.102. The van der Waals surface area contributed by atoms with Crippen molar-refractivity contribution in [2.75, 3.05) is 43.6 Å². The van der Waals surface area contributed by atoms with Crippen LogP contribution in [0.5, 0.6) is 5.75 Å². The Kier molecular flexibility index (Phi) is 4.73. The van der Waals surface area contributed by atoms with Gasteiger partial charge in [-0.05, 0) is 24.3 Å². The Balaban J connectivity index is 1.67. The third-order valence-electron chi connectivity index (χ3n) is 3.67. The summed E-state index contributed by atoms with van der Waals surface area (Å²) in [7, 11) is 1.59. The van der Waals surface area contributed by atoms with Gasteiger partial charge in [0.1, 0.15) is 11.6 Å². The summed E-state index contributed by atoms with van der Waals surface area (Å²) in [6.45, 7) is 3.06. The van der Waals surface area contributed by atoms with E-state index in [0.29, 0.717) is 30.2 Å². The largest absolute Gasteiger partial charge is 0.497 e. The normalized spacial score (nSPS) is 14.4. The third-order valence-corrected chi connectivity index (χ3v) is 3.67. The number of amides is 1. The molecule has 0 aliphatic carbocycles. The predicted molar refractivity (Wildman–Crippen MR) is 88.2 cm³/mol. The number of nitrogens with one attached hydrogen (secondary N) is 1. The van der Waals surface area contributed by atoms with Gasteiger partial charge >= 0.3 is 0 Å². The topological polar surface area (TPSA) is 63.7 Å². The molecular weight excluding hydrogens is 294 g/mol. The number of carbonyl (C=O) groups excluding carboxylic acids is 1. The van der Waals surface area contributed by atoms with Gasteiger partial charge in [0.15, 0.2) is 0 Å². The average Bonchev–Trinajstić information content (AvgIpc) is 2.63. The molecule has 1 saturated heterocycles. The molecule has 6 nitrogen and oxygen atoms in total. The zero-order valence-corrected chi connectivity index (χ0v) is 13.0. The lowest BCUT2D eigenvalue weighted by atomic mass is 10.2. The summed E-state index contributed by atoms with van der Waals surface area (Å²) in [6.07, 6.45) is 1.60. The minimum absolute atomic E-state index is 0.195. The lowest BCUT2D eigenvalue weighted by Gasteiger charge is -2.27. The monoisotopic (exact) mass is 313 g/mol. The van der Waals surface area contributed by atoms with Crippen molar-refractivity contribution >= 4 is 17.4 Å². The van der Waals surface area contributed by atoms with Gasteiger partial charge < -0.3 is 19.7 Å². The Morgan fingerprint density at radius 2 is 2.09 bits per heavy atom. The Morgan fingerprint density at radius 1 is 1.26 bits per heavy atom. The molecule has 1 aliphatic heterocycles. The van der Waals surface area contributed by atoms with Crippen LogP contribution in [-0.2, 0) is 4.74 Å². The van der Waals surface area contributed by atoms with E-state index >= 15 is 0 Å². The number of ether oxygens (including phenoxy) is 2. The summed E-state index contributed by atoms with van der Waals surface area (Å²) in [5.41, 5.74) is 1.21.